The summed E-state index contributed by atoms with van der Waals surface area (Å²) in [6, 6.07) is 1.72. The first-order chi connectivity index (χ1) is 9.61. The highest BCUT2D eigenvalue weighted by Gasteiger charge is 2.34. The molecular weight excluding hydrogens is 268 g/mol. The van der Waals surface area contributed by atoms with Gasteiger partial charge in [0.2, 0.25) is 0 Å². The van der Waals surface area contributed by atoms with E-state index in [2.05, 4.69) is 24.1 Å². The van der Waals surface area contributed by atoms with Crippen LogP contribution in [0.2, 0.25) is 0 Å². The first-order valence-corrected chi connectivity index (χ1v) is 10.1. The minimum absolute atomic E-state index is 0.443. The lowest BCUT2D eigenvalue weighted by Gasteiger charge is -2.46. The van der Waals surface area contributed by atoms with Gasteiger partial charge in [-0.25, -0.2) is 0 Å². The van der Waals surface area contributed by atoms with Gasteiger partial charge < -0.3 is 5.32 Å². The number of piperazine rings is 1. The lowest BCUT2D eigenvalue weighted by Crippen LogP contribution is -2.61. The van der Waals surface area contributed by atoms with Gasteiger partial charge in [-0.1, -0.05) is 26.2 Å². The minimum Gasteiger partial charge on any atom is -0.311 e. The van der Waals surface area contributed by atoms with E-state index in [0.29, 0.717) is 18.1 Å². The van der Waals surface area contributed by atoms with Crippen LogP contribution in [0.3, 0.4) is 0 Å². The van der Waals surface area contributed by atoms with Crippen LogP contribution in [0.25, 0.3) is 0 Å². The summed E-state index contributed by atoms with van der Waals surface area (Å²) in [6.45, 7) is 6.79. The molecule has 1 aliphatic carbocycles. The Bertz CT molecular complexity index is 318. The van der Waals surface area contributed by atoms with Crippen molar-refractivity contribution in [3.8, 4) is 0 Å². The molecule has 2 fully saturated rings. The molecular formula is C16H32N2OS. The Balaban J connectivity index is 1.96. The summed E-state index contributed by atoms with van der Waals surface area (Å²) in [6.07, 6.45) is 10.1. The Labute approximate surface area is 127 Å². The van der Waals surface area contributed by atoms with E-state index in [0.717, 1.165) is 24.8 Å². The van der Waals surface area contributed by atoms with Gasteiger partial charge in [0, 0.05) is 54.0 Å². The zero-order valence-corrected chi connectivity index (χ0v) is 14.3. The van der Waals surface area contributed by atoms with E-state index in [4.69, 9.17) is 0 Å². The molecule has 0 radical (unpaired) electrons. The summed E-state index contributed by atoms with van der Waals surface area (Å²) in [7, 11) is -0.692. The molecule has 0 aromatic rings. The summed E-state index contributed by atoms with van der Waals surface area (Å²) < 4.78 is 11.5. The number of nitrogens with one attached hydrogen (secondary N) is 1. The Morgan fingerprint density at radius 3 is 2.60 bits per heavy atom. The number of nitrogens with zero attached hydrogens (tertiary/aromatic N) is 1. The Morgan fingerprint density at radius 1 is 1.30 bits per heavy atom. The zero-order valence-electron chi connectivity index (χ0n) is 13.4. The quantitative estimate of drug-likeness (QED) is 0.846. The lowest BCUT2D eigenvalue weighted by molar-refractivity contribution is 0.0695. The van der Waals surface area contributed by atoms with Gasteiger partial charge in [-0.15, -0.1) is 0 Å². The summed E-state index contributed by atoms with van der Waals surface area (Å²) >= 11 is 0. The topological polar surface area (TPSA) is 32.3 Å². The van der Waals surface area contributed by atoms with Crippen LogP contribution in [0.4, 0.5) is 0 Å². The monoisotopic (exact) mass is 300 g/mol. The second kappa shape index (κ2) is 7.90. The highest BCUT2D eigenvalue weighted by Crippen LogP contribution is 2.29. The lowest BCUT2D eigenvalue weighted by atomic mass is 9.82. The average Bonchev–Trinajstić information content (AvgIpc) is 2.46. The Kier molecular flexibility index (Phi) is 6.50. The summed E-state index contributed by atoms with van der Waals surface area (Å²) in [5, 5.41) is 3.81. The smallest absolute Gasteiger partial charge is 0.0385 e. The minimum atomic E-state index is -0.692. The molecule has 118 valence electrons. The van der Waals surface area contributed by atoms with Gasteiger partial charge in [-0.3, -0.25) is 9.11 Å². The van der Waals surface area contributed by atoms with Gasteiger partial charge in [-0.05, 0) is 32.1 Å². The molecule has 0 aromatic heterocycles. The molecule has 3 nitrogen and oxygen atoms in total. The second-order valence-corrected chi connectivity index (χ2v) is 8.24. The van der Waals surface area contributed by atoms with Crippen molar-refractivity contribution in [2.24, 2.45) is 5.92 Å². The van der Waals surface area contributed by atoms with Crippen molar-refractivity contribution in [2.45, 2.75) is 70.5 Å². The third-order valence-corrected chi connectivity index (χ3v) is 6.18. The third-order valence-electron chi connectivity index (χ3n) is 5.22. The average molecular weight is 301 g/mol. The largest absolute Gasteiger partial charge is 0.311 e. The first kappa shape index (κ1) is 16.4. The van der Waals surface area contributed by atoms with Crippen molar-refractivity contribution < 1.29 is 4.21 Å². The van der Waals surface area contributed by atoms with Crippen LogP contribution in [-0.2, 0) is 10.8 Å². The fourth-order valence-corrected chi connectivity index (χ4v) is 4.92. The van der Waals surface area contributed by atoms with Crippen molar-refractivity contribution in [1.82, 2.24) is 10.2 Å². The SMILES string of the molecule is CCC1CNC(C2CCCCC2)CN1C(C)CS(C)=O. The molecule has 4 unspecified atom stereocenters. The fourth-order valence-electron chi connectivity index (χ4n) is 4.05. The maximum atomic E-state index is 11.5. The molecule has 2 aliphatic rings. The molecule has 0 aromatic carbocycles. The summed E-state index contributed by atoms with van der Waals surface area (Å²) in [5.74, 6) is 1.68. The van der Waals surface area contributed by atoms with Crippen LogP contribution in [0, 0.1) is 5.92 Å². The number of rotatable bonds is 5. The molecule has 20 heavy (non-hydrogen) atoms. The Hall–Kier alpha value is 0.0700. The second-order valence-electron chi connectivity index (χ2n) is 6.76. The van der Waals surface area contributed by atoms with E-state index in [1.807, 2.05) is 6.26 Å². The van der Waals surface area contributed by atoms with Gasteiger partial charge in [0.05, 0.1) is 0 Å². The van der Waals surface area contributed by atoms with Crippen molar-refractivity contribution in [3.05, 3.63) is 0 Å². The van der Waals surface area contributed by atoms with Crippen molar-refractivity contribution in [2.75, 3.05) is 25.1 Å². The van der Waals surface area contributed by atoms with Gasteiger partial charge >= 0.3 is 0 Å². The molecule has 1 saturated carbocycles. The van der Waals surface area contributed by atoms with Crippen LogP contribution >= 0.6 is 0 Å². The molecule has 0 bridgehead atoms. The van der Waals surface area contributed by atoms with Crippen LogP contribution < -0.4 is 5.32 Å². The maximum absolute atomic E-state index is 11.5. The summed E-state index contributed by atoms with van der Waals surface area (Å²) in [5.41, 5.74) is 0. The molecule has 4 heteroatoms. The molecule has 1 saturated heterocycles. The molecule has 0 spiro atoms. The van der Waals surface area contributed by atoms with E-state index in [-0.39, 0.29) is 0 Å². The van der Waals surface area contributed by atoms with Crippen molar-refractivity contribution in [3.63, 3.8) is 0 Å². The standard InChI is InChI=1S/C16H32N2OS/c1-4-15-10-17-16(14-8-6-5-7-9-14)11-18(15)13(2)12-20(3)19/h13-17H,4-12H2,1-3H3. The van der Waals surface area contributed by atoms with Gasteiger partial charge in [0.15, 0.2) is 0 Å². The highest BCUT2D eigenvalue weighted by atomic mass is 32.2. The normalized spacial score (nSPS) is 33.0. The van der Waals surface area contributed by atoms with E-state index < -0.39 is 10.8 Å². The van der Waals surface area contributed by atoms with Crippen molar-refractivity contribution in [1.29, 1.82) is 0 Å². The molecule has 4 atom stereocenters. The van der Waals surface area contributed by atoms with Gasteiger partial charge in [0.1, 0.15) is 0 Å². The first-order valence-electron chi connectivity index (χ1n) is 8.41. The van der Waals surface area contributed by atoms with E-state index in [9.17, 15) is 4.21 Å². The predicted molar refractivity (Wildman–Crippen MR) is 87.5 cm³/mol. The van der Waals surface area contributed by atoms with E-state index in [1.165, 1.54) is 38.5 Å². The zero-order chi connectivity index (χ0) is 14.5. The van der Waals surface area contributed by atoms with Gasteiger partial charge in [0.25, 0.3) is 0 Å². The van der Waals surface area contributed by atoms with E-state index in [1.54, 1.807) is 0 Å². The number of hydrogen-bond donors (Lipinski definition) is 1. The molecule has 1 aliphatic heterocycles. The number of hydrogen-bond acceptors (Lipinski definition) is 3. The highest BCUT2D eigenvalue weighted by molar-refractivity contribution is 7.84. The fraction of sp³-hybridized carbons (Fsp3) is 1.00. The van der Waals surface area contributed by atoms with Crippen LogP contribution in [0.1, 0.15) is 52.4 Å². The van der Waals surface area contributed by atoms with Crippen LogP contribution in [0.15, 0.2) is 0 Å². The van der Waals surface area contributed by atoms with Crippen LogP contribution in [0.5, 0.6) is 0 Å². The molecule has 2 rings (SSSR count). The molecule has 1 N–H and O–H groups in total. The van der Waals surface area contributed by atoms with Gasteiger partial charge in [-0.2, -0.15) is 0 Å². The van der Waals surface area contributed by atoms with Crippen molar-refractivity contribution >= 4 is 10.8 Å². The summed E-state index contributed by atoms with van der Waals surface area (Å²) in [4.78, 5) is 2.64. The van der Waals surface area contributed by atoms with E-state index >= 15 is 0 Å². The molecule has 0 amide bonds. The Morgan fingerprint density at radius 2 is 2.00 bits per heavy atom. The predicted octanol–water partition coefficient (Wildman–Crippen LogP) is 2.39. The molecule has 1 heterocycles. The maximum Gasteiger partial charge on any atom is 0.0385 e. The van der Waals surface area contributed by atoms with Crippen LogP contribution in [-0.4, -0.2) is 52.3 Å². The third kappa shape index (κ3) is 4.28.